The van der Waals surface area contributed by atoms with Gasteiger partial charge in [0.05, 0.1) is 0 Å². The zero-order chi connectivity index (χ0) is 12.6. The lowest BCUT2D eigenvalue weighted by molar-refractivity contribution is -0.145. The molecule has 0 amide bonds. The van der Waals surface area contributed by atoms with Gasteiger partial charge in [0.2, 0.25) is 5.82 Å². The molecule has 0 saturated heterocycles. The topological polar surface area (TPSA) is 56.5 Å². The van der Waals surface area contributed by atoms with Crippen LogP contribution in [0.4, 0.5) is 13.2 Å². The van der Waals surface area contributed by atoms with Crippen LogP contribution in [0, 0.1) is 13.8 Å². The third-order valence-electron chi connectivity index (χ3n) is 1.99. The van der Waals surface area contributed by atoms with Crippen molar-refractivity contribution in [2.75, 3.05) is 0 Å². The monoisotopic (exact) mass is 243 g/mol. The van der Waals surface area contributed by atoms with Crippen LogP contribution in [0.15, 0.2) is 12.3 Å². The molecule has 0 aliphatic heterocycles. The molecule has 2 heterocycles. The number of alkyl halides is 3. The van der Waals surface area contributed by atoms with E-state index in [1.807, 2.05) is 0 Å². The summed E-state index contributed by atoms with van der Waals surface area (Å²) in [4.78, 5) is 10.6. The average molecular weight is 243 g/mol. The molecule has 0 unspecified atom stereocenters. The molecule has 0 fully saturated rings. The lowest BCUT2D eigenvalue weighted by atomic mass is 10.5. The van der Waals surface area contributed by atoms with Gasteiger partial charge in [0, 0.05) is 12.3 Å². The number of rotatable bonds is 1. The molecule has 5 nitrogen and oxygen atoms in total. The first-order chi connectivity index (χ1) is 7.88. The number of nitrogens with zero attached hydrogens (tertiary/aromatic N) is 5. The predicted octanol–water partition coefficient (Wildman–Crippen LogP) is 1.69. The number of hydrogen-bond acceptors (Lipinski definition) is 4. The van der Waals surface area contributed by atoms with Crippen molar-refractivity contribution >= 4 is 0 Å². The van der Waals surface area contributed by atoms with Crippen molar-refractivity contribution in [3.63, 3.8) is 0 Å². The molecule has 0 bridgehead atoms. The molecule has 2 aromatic rings. The molecular formula is C9H8F3N5. The van der Waals surface area contributed by atoms with E-state index >= 15 is 0 Å². The second-order valence-corrected chi connectivity index (χ2v) is 3.35. The van der Waals surface area contributed by atoms with E-state index < -0.39 is 12.0 Å². The summed E-state index contributed by atoms with van der Waals surface area (Å²) < 4.78 is 38.5. The molecule has 90 valence electrons. The lowest BCUT2D eigenvalue weighted by Crippen LogP contribution is -2.13. The van der Waals surface area contributed by atoms with Crippen LogP contribution in [0.3, 0.4) is 0 Å². The van der Waals surface area contributed by atoms with Gasteiger partial charge >= 0.3 is 6.18 Å². The van der Waals surface area contributed by atoms with Crippen LogP contribution in [0.2, 0.25) is 0 Å². The Labute approximate surface area is 94.3 Å². The first kappa shape index (κ1) is 11.5. The fourth-order valence-corrected chi connectivity index (χ4v) is 1.34. The van der Waals surface area contributed by atoms with Gasteiger partial charge in [-0.1, -0.05) is 0 Å². The van der Waals surface area contributed by atoms with Crippen molar-refractivity contribution in [1.82, 2.24) is 24.7 Å². The normalized spacial score (nSPS) is 11.8. The summed E-state index contributed by atoms with van der Waals surface area (Å²) in [5.74, 6) is -0.211. The van der Waals surface area contributed by atoms with E-state index in [0.29, 0.717) is 11.6 Å². The predicted molar refractivity (Wildman–Crippen MR) is 51.4 cm³/mol. The maximum atomic E-state index is 12.4. The first-order valence-corrected chi connectivity index (χ1v) is 4.69. The zero-order valence-electron chi connectivity index (χ0n) is 9.02. The second kappa shape index (κ2) is 3.79. The third kappa shape index (κ3) is 2.24. The Morgan fingerprint density at radius 3 is 2.41 bits per heavy atom. The average Bonchev–Trinajstić information content (AvgIpc) is 2.57. The Bertz CT molecular complexity index is 546. The van der Waals surface area contributed by atoms with Crippen LogP contribution < -0.4 is 0 Å². The van der Waals surface area contributed by atoms with Crippen molar-refractivity contribution in [1.29, 1.82) is 0 Å². The molecule has 0 saturated carbocycles. The number of aryl methyl sites for hydroxylation is 2. The summed E-state index contributed by atoms with van der Waals surface area (Å²) in [6.07, 6.45) is -3.53. The Morgan fingerprint density at radius 2 is 1.88 bits per heavy atom. The smallest absolute Gasteiger partial charge is 0.233 e. The molecule has 2 aromatic heterocycles. The second-order valence-electron chi connectivity index (χ2n) is 3.35. The van der Waals surface area contributed by atoms with E-state index in [2.05, 4.69) is 20.1 Å². The molecule has 0 atom stereocenters. The van der Waals surface area contributed by atoms with Gasteiger partial charge in [0.25, 0.3) is 0 Å². The maximum absolute atomic E-state index is 12.4. The van der Waals surface area contributed by atoms with Gasteiger partial charge in [0.15, 0.2) is 5.82 Å². The van der Waals surface area contributed by atoms with Crippen LogP contribution in [0.1, 0.15) is 17.5 Å². The lowest BCUT2D eigenvalue weighted by Gasteiger charge is -2.06. The van der Waals surface area contributed by atoms with Crippen LogP contribution in [0.5, 0.6) is 0 Å². The van der Waals surface area contributed by atoms with Crippen molar-refractivity contribution in [2.45, 2.75) is 20.0 Å². The van der Waals surface area contributed by atoms with Crippen LogP contribution >= 0.6 is 0 Å². The molecule has 0 aromatic carbocycles. The van der Waals surface area contributed by atoms with E-state index in [4.69, 9.17) is 0 Å². The van der Waals surface area contributed by atoms with Gasteiger partial charge < -0.3 is 0 Å². The SMILES string of the molecule is Cc1nc(C)n(-c2ccnc(C(F)(F)F)n2)n1. The largest absolute Gasteiger partial charge is 0.451 e. The van der Waals surface area contributed by atoms with E-state index in [1.54, 1.807) is 13.8 Å². The molecule has 17 heavy (non-hydrogen) atoms. The number of halogens is 3. The van der Waals surface area contributed by atoms with Crippen molar-refractivity contribution in [3.8, 4) is 5.82 Å². The summed E-state index contributed by atoms with van der Waals surface area (Å²) >= 11 is 0. The van der Waals surface area contributed by atoms with E-state index in [1.165, 1.54) is 10.7 Å². The molecule has 0 aliphatic carbocycles. The van der Waals surface area contributed by atoms with Gasteiger partial charge in [-0.25, -0.2) is 15.0 Å². The van der Waals surface area contributed by atoms with Gasteiger partial charge in [0.1, 0.15) is 11.6 Å². The Kier molecular flexibility index (Phi) is 2.56. The molecule has 0 spiro atoms. The maximum Gasteiger partial charge on any atom is 0.451 e. The summed E-state index contributed by atoms with van der Waals surface area (Å²) in [7, 11) is 0. The molecule has 0 N–H and O–H groups in total. The fraction of sp³-hybridized carbons (Fsp3) is 0.333. The highest BCUT2D eigenvalue weighted by atomic mass is 19.4. The molecule has 0 radical (unpaired) electrons. The number of hydrogen-bond donors (Lipinski definition) is 0. The van der Waals surface area contributed by atoms with Gasteiger partial charge in [-0.15, -0.1) is 5.10 Å². The van der Waals surface area contributed by atoms with Crippen molar-refractivity contribution < 1.29 is 13.2 Å². The molecule has 0 aliphatic rings. The van der Waals surface area contributed by atoms with Crippen molar-refractivity contribution in [3.05, 3.63) is 29.7 Å². The van der Waals surface area contributed by atoms with Crippen molar-refractivity contribution in [2.24, 2.45) is 0 Å². The minimum Gasteiger partial charge on any atom is -0.233 e. The highest BCUT2D eigenvalue weighted by Crippen LogP contribution is 2.26. The standard InChI is InChI=1S/C9H8F3N5/c1-5-14-6(2)17(16-5)7-3-4-13-8(15-7)9(10,11)12/h3-4H,1-2H3. The Morgan fingerprint density at radius 1 is 1.18 bits per heavy atom. The molecular weight excluding hydrogens is 235 g/mol. The summed E-state index contributed by atoms with van der Waals surface area (Å²) in [6.45, 7) is 3.28. The quantitative estimate of drug-likeness (QED) is 0.764. The minimum absolute atomic E-state index is 0.0467. The van der Waals surface area contributed by atoms with Crippen LogP contribution in [-0.2, 0) is 6.18 Å². The highest BCUT2D eigenvalue weighted by Gasteiger charge is 2.34. The molecule has 8 heteroatoms. The first-order valence-electron chi connectivity index (χ1n) is 4.69. The van der Waals surface area contributed by atoms with Gasteiger partial charge in [-0.3, -0.25) is 0 Å². The fourth-order valence-electron chi connectivity index (χ4n) is 1.34. The Balaban J connectivity index is 2.50. The minimum atomic E-state index is -4.57. The Hall–Kier alpha value is -1.99. The summed E-state index contributed by atoms with van der Waals surface area (Å²) in [5.41, 5.74) is 0. The number of aromatic nitrogens is 5. The van der Waals surface area contributed by atoms with Crippen LogP contribution in [-0.4, -0.2) is 24.7 Å². The van der Waals surface area contributed by atoms with E-state index in [9.17, 15) is 13.2 Å². The van der Waals surface area contributed by atoms with E-state index in [0.717, 1.165) is 6.20 Å². The van der Waals surface area contributed by atoms with Gasteiger partial charge in [-0.05, 0) is 13.8 Å². The summed E-state index contributed by atoms with van der Waals surface area (Å²) in [6, 6.07) is 1.34. The van der Waals surface area contributed by atoms with E-state index in [-0.39, 0.29) is 5.82 Å². The zero-order valence-corrected chi connectivity index (χ0v) is 9.02. The molecule has 2 rings (SSSR count). The van der Waals surface area contributed by atoms with Gasteiger partial charge in [-0.2, -0.15) is 17.9 Å². The van der Waals surface area contributed by atoms with Crippen LogP contribution in [0.25, 0.3) is 5.82 Å². The summed E-state index contributed by atoms with van der Waals surface area (Å²) in [5, 5.41) is 3.95. The highest BCUT2D eigenvalue weighted by molar-refractivity contribution is 5.21. The third-order valence-corrected chi connectivity index (χ3v) is 1.99.